The van der Waals surface area contributed by atoms with Crippen molar-refractivity contribution in [2.24, 2.45) is 0 Å². The third-order valence-electron chi connectivity index (χ3n) is 5.36. The van der Waals surface area contributed by atoms with E-state index >= 15 is 0 Å². The molecule has 0 aliphatic carbocycles. The Labute approximate surface area is 197 Å². The molecule has 2 heterocycles. The molecule has 1 atom stereocenters. The van der Waals surface area contributed by atoms with Gasteiger partial charge in [0.25, 0.3) is 0 Å². The standard InChI is InChI=1S/C19H14Cl2F8N4O/c1-8(34)30-5-9-6-31-16(32-15(9)18(24,25)26)33-3-2-17(7-33,19(27,28)29)10-4-11(20)14(23)12(21)13(10)22/h4,6H,2-3,5,7H2,1H3,(H,30,34). The number of nitrogens with zero attached hydrogens (tertiary/aromatic N) is 3. The number of aromatic nitrogens is 2. The van der Waals surface area contributed by atoms with Gasteiger partial charge in [0.05, 0.1) is 5.02 Å². The van der Waals surface area contributed by atoms with Gasteiger partial charge >= 0.3 is 12.4 Å². The summed E-state index contributed by atoms with van der Waals surface area (Å²) in [5.74, 6) is -4.43. The molecule has 0 saturated carbocycles. The zero-order chi connectivity index (χ0) is 25.6. The molecule has 1 aliphatic heterocycles. The molecule has 1 saturated heterocycles. The van der Waals surface area contributed by atoms with Crippen molar-refractivity contribution in [1.82, 2.24) is 15.3 Å². The van der Waals surface area contributed by atoms with Crippen LogP contribution in [-0.4, -0.2) is 35.1 Å². The number of carbonyl (C=O) groups excluding carboxylic acids is 1. The highest BCUT2D eigenvalue weighted by atomic mass is 35.5. The lowest BCUT2D eigenvalue weighted by Gasteiger charge is -2.33. The molecule has 34 heavy (non-hydrogen) atoms. The Morgan fingerprint density at radius 2 is 1.82 bits per heavy atom. The van der Waals surface area contributed by atoms with Crippen LogP contribution >= 0.6 is 23.2 Å². The molecule has 2 aromatic rings. The Morgan fingerprint density at radius 3 is 2.38 bits per heavy atom. The molecular weight excluding hydrogens is 523 g/mol. The first-order valence-electron chi connectivity index (χ1n) is 9.41. The molecule has 1 aromatic carbocycles. The van der Waals surface area contributed by atoms with Crippen molar-refractivity contribution >= 4 is 35.1 Å². The van der Waals surface area contributed by atoms with Crippen LogP contribution in [0.2, 0.25) is 10.0 Å². The van der Waals surface area contributed by atoms with Crippen molar-refractivity contribution < 1.29 is 39.9 Å². The minimum atomic E-state index is -5.12. The van der Waals surface area contributed by atoms with Gasteiger partial charge in [0.2, 0.25) is 11.9 Å². The minimum Gasteiger partial charge on any atom is -0.352 e. The highest BCUT2D eigenvalue weighted by Gasteiger charge is 2.61. The molecule has 1 aromatic heterocycles. The predicted molar refractivity (Wildman–Crippen MR) is 105 cm³/mol. The second kappa shape index (κ2) is 8.99. The molecule has 0 bridgehead atoms. The molecule has 1 N–H and O–H groups in total. The molecule has 186 valence electrons. The van der Waals surface area contributed by atoms with E-state index < -0.39 is 94.2 Å². The highest BCUT2D eigenvalue weighted by Crippen LogP contribution is 2.50. The maximum absolute atomic E-state index is 14.7. The van der Waals surface area contributed by atoms with Gasteiger partial charge in [-0.1, -0.05) is 23.2 Å². The van der Waals surface area contributed by atoms with E-state index in [0.717, 1.165) is 18.0 Å². The van der Waals surface area contributed by atoms with Gasteiger partial charge in [-0.05, 0) is 12.5 Å². The number of anilines is 1. The number of hydrogen-bond acceptors (Lipinski definition) is 4. The van der Waals surface area contributed by atoms with Crippen molar-refractivity contribution in [3.8, 4) is 0 Å². The first-order valence-corrected chi connectivity index (χ1v) is 10.2. The normalized spacial score (nSPS) is 19.0. The van der Waals surface area contributed by atoms with Gasteiger partial charge in [0.15, 0.2) is 11.5 Å². The summed E-state index contributed by atoms with van der Waals surface area (Å²) in [6.07, 6.45) is -10.2. The van der Waals surface area contributed by atoms with Gasteiger partial charge in [-0.3, -0.25) is 4.79 Å². The summed E-state index contributed by atoms with van der Waals surface area (Å²) in [6.45, 7) is -1.06. The predicted octanol–water partition coefficient (Wildman–Crippen LogP) is 5.43. The number of alkyl halides is 6. The largest absolute Gasteiger partial charge is 0.433 e. The van der Waals surface area contributed by atoms with E-state index in [1.165, 1.54) is 0 Å². The molecule has 1 aliphatic rings. The summed E-state index contributed by atoms with van der Waals surface area (Å²) in [4.78, 5) is 18.9. The van der Waals surface area contributed by atoms with Gasteiger partial charge in [-0.15, -0.1) is 0 Å². The smallest absolute Gasteiger partial charge is 0.352 e. The van der Waals surface area contributed by atoms with Crippen molar-refractivity contribution in [2.75, 3.05) is 18.0 Å². The average Bonchev–Trinajstić information content (AvgIpc) is 3.19. The number of rotatable bonds is 4. The number of carbonyl (C=O) groups is 1. The molecule has 15 heteroatoms. The molecule has 5 nitrogen and oxygen atoms in total. The van der Waals surface area contributed by atoms with Gasteiger partial charge in [-0.2, -0.15) is 26.3 Å². The van der Waals surface area contributed by atoms with E-state index in [9.17, 15) is 39.9 Å². The minimum absolute atomic E-state index is 0.466. The fourth-order valence-electron chi connectivity index (χ4n) is 3.65. The maximum Gasteiger partial charge on any atom is 0.433 e. The molecule has 0 radical (unpaired) electrons. The van der Waals surface area contributed by atoms with Crippen LogP contribution in [0.25, 0.3) is 0 Å². The Balaban J connectivity index is 2.06. The van der Waals surface area contributed by atoms with Crippen LogP contribution < -0.4 is 10.2 Å². The van der Waals surface area contributed by atoms with Crippen molar-refractivity contribution in [3.05, 3.63) is 50.8 Å². The summed E-state index contributed by atoms with van der Waals surface area (Å²) in [5, 5.41) is 0.0808. The van der Waals surface area contributed by atoms with Crippen LogP contribution in [0.3, 0.4) is 0 Å². The summed E-state index contributed by atoms with van der Waals surface area (Å²) in [5.41, 5.74) is -5.97. The van der Waals surface area contributed by atoms with Gasteiger partial charge in [0, 0.05) is 43.9 Å². The van der Waals surface area contributed by atoms with E-state index in [1.807, 2.05) is 0 Å². The molecule has 1 amide bonds. The van der Waals surface area contributed by atoms with Crippen LogP contribution in [0.1, 0.15) is 30.2 Å². The topological polar surface area (TPSA) is 58.1 Å². The zero-order valence-corrected chi connectivity index (χ0v) is 18.5. The molecule has 3 rings (SSSR count). The van der Waals surface area contributed by atoms with Crippen LogP contribution in [0.5, 0.6) is 0 Å². The number of hydrogen-bond donors (Lipinski definition) is 1. The lowest BCUT2D eigenvalue weighted by molar-refractivity contribution is -0.185. The third-order valence-corrected chi connectivity index (χ3v) is 5.97. The quantitative estimate of drug-likeness (QED) is 0.322. The Hall–Kier alpha value is -2.41. The second-order valence-corrected chi connectivity index (χ2v) is 8.34. The highest BCUT2D eigenvalue weighted by molar-refractivity contribution is 6.35. The molecule has 0 spiro atoms. The number of amides is 1. The van der Waals surface area contributed by atoms with Crippen molar-refractivity contribution in [1.29, 1.82) is 0 Å². The SMILES string of the molecule is CC(=O)NCc1cnc(N2CCC(c3cc(Cl)c(F)c(Cl)c3F)(C(F)(F)F)C2)nc1C(F)(F)F. The van der Waals surface area contributed by atoms with E-state index in [4.69, 9.17) is 23.2 Å². The summed E-state index contributed by atoms with van der Waals surface area (Å²) in [6, 6.07) is 0.466. The van der Waals surface area contributed by atoms with Gasteiger partial charge in [0.1, 0.15) is 16.3 Å². The molecule has 1 fully saturated rings. The Bertz CT molecular complexity index is 1120. The van der Waals surface area contributed by atoms with Crippen LogP contribution in [0.15, 0.2) is 12.3 Å². The number of nitrogens with one attached hydrogen (secondary N) is 1. The summed E-state index contributed by atoms with van der Waals surface area (Å²) < 4.78 is 112. The van der Waals surface area contributed by atoms with Crippen molar-refractivity contribution in [2.45, 2.75) is 37.7 Å². The van der Waals surface area contributed by atoms with Gasteiger partial charge in [-0.25, -0.2) is 18.7 Å². The first-order chi connectivity index (χ1) is 15.6. The monoisotopic (exact) mass is 536 g/mol. The summed E-state index contributed by atoms with van der Waals surface area (Å²) >= 11 is 11.1. The average molecular weight is 537 g/mol. The lowest BCUT2D eigenvalue weighted by Crippen LogP contribution is -2.46. The Morgan fingerprint density at radius 1 is 1.18 bits per heavy atom. The second-order valence-electron chi connectivity index (χ2n) is 7.55. The third kappa shape index (κ3) is 4.72. The maximum atomic E-state index is 14.7. The zero-order valence-electron chi connectivity index (χ0n) is 17.0. The Kier molecular flexibility index (Phi) is 6.93. The van der Waals surface area contributed by atoms with E-state index in [2.05, 4.69) is 15.3 Å². The van der Waals surface area contributed by atoms with Gasteiger partial charge < -0.3 is 10.2 Å². The van der Waals surface area contributed by atoms with E-state index in [-0.39, 0.29) is 0 Å². The lowest BCUT2D eigenvalue weighted by atomic mass is 9.78. The van der Waals surface area contributed by atoms with E-state index in [1.54, 1.807) is 0 Å². The first kappa shape index (κ1) is 26.2. The van der Waals surface area contributed by atoms with Crippen molar-refractivity contribution in [3.63, 3.8) is 0 Å². The number of benzene rings is 1. The van der Waals surface area contributed by atoms with Crippen LogP contribution in [-0.2, 0) is 22.9 Å². The fraction of sp³-hybridized carbons (Fsp3) is 0.421. The molecular formula is C19H14Cl2F8N4O. The van der Waals surface area contributed by atoms with Crippen LogP contribution in [0, 0.1) is 11.6 Å². The fourth-order valence-corrected chi connectivity index (χ4v) is 4.11. The summed E-state index contributed by atoms with van der Waals surface area (Å²) in [7, 11) is 0. The number of halogens is 10. The molecule has 1 unspecified atom stereocenters. The van der Waals surface area contributed by atoms with Crippen LogP contribution in [0.4, 0.5) is 41.1 Å². The van der Waals surface area contributed by atoms with E-state index in [0.29, 0.717) is 6.07 Å².